The third kappa shape index (κ3) is 5.83. The van der Waals surface area contributed by atoms with Crippen LogP contribution in [0.4, 0.5) is 0 Å². The van der Waals surface area contributed by atoms with Gasteiger partial charge in [-0.2, -0.15) is 0 Å². The average Bonchev–Trinajstić information content (AvgIpc) is 2.19. The molecule has 0 spiro atoms. The Bertz CT molecular complexity index is 181. The molecule has 0 amide bonds. The lowest BCUT2D eigenvalue weighted by atomic mass is 9.99. The van der Waals surface area contributed by atoms with E-state index in [1.165, 1.54) is 38.9 Å². The maximum atomic E-state index is 5.97. The highest BCUT2D eigenvalue weighted by atomic mass is 16.5. The van der Waals surface area contributed by atoms with Crippen molar-refractivity contribution in [3.8, 4) is 0 Å². The molecule has 0 aromatic carbocycles. The summed E-state index contributed by atoms with van der Waals surface area (Å²) in [7, 11) is 0. The maximum Gasteiger partial charge on any atom is 0.0599 e. The van der Waals surface area contributed by atoms with Crippen LogP contribution in [0.1, 0.15) is 46.5 Å². The normalized spacial score (nSPS) is 20.2. The van der Waals surface area contributed by atoms with Gasteiger partial charge in [-0.05, 0) is 53.0 Å². The van der Waals surface area contributed by atoms with Crippen LogP contribution in [0.5, 0.6) is 0 Å². The van der Waals surface area contributed by atoms with Crippen molar-refractivity contribution in [2.24, 2.45) is 5.73 Å². The van der Waals surface area contributed by atoms with Crippen molar-refractivity contribution in [3.63, 3.8) is 0 Å². The molecule has 1 aliphatic heterocycles. The number of nitrogens with zero attached hydrogens (tertiary/aromatic N) is 1. The van der Waals surface area contributed by atoms with E-state index in [0.29, 0.717) is 6.10 Å². The van der Waals surface area contributed by atoms with E-state index < -0.39 is 0 Å². The summed E-state index contributed by atoms with van der Waals surface area (Å²) in [6.45, 7) is 10.7. The standard InChI is InChI=1S/C13H28N2O/c1-4-16-12-6-10-15(11-7-12)9-5-8-13(2,3)14/h12H,4-11,14H2,1-3H3. The summed E-state index contributed by atoms with van der Waals surface area (Å²) >= 11 is 0. The van der Waals surface area contributed by atoms with E-state index in [0.717, 1.165) is 13.0 Å². The summed E-state index contributed by atoms with van der Waals surface area (Å²) in [4.78, 5) is 2.54. The van der Waals surface area contributed by atoms with Gasteiger partial charge in [-0.15, -0.1) is 0 Å². The highest BCUT2D eigenvalue weighted by Gasteiger charge is 2.19. The quantitative estimate of drug-likeness (QED) is 0.756. The second kappa shape index (κ2) is 6.58. The number of hydrogen-bond donors (Lipinski definition) is 1. The third-order valence-corrected chi connectivity index (χ3v) is 3.23. The van der Waals surface area contributed by atoms with Crippen LogP contribution in [-0.4, -0.2) is 42.8 Å². The Hall–Kier alpha value is -0.120. The average molecular weight is 228 g/mol. The van der Waals surface area contributed by atoms with Crippen LogP contribution in [-0.2, 0) is 4.74 Å². The van der Waals surface area contributed by atoms with Crippen LogP contribution >= 0.6 is 0 Å². The predicted molar refractivity (Wildman–Crippen MR) is 68.6 cm³/mol. The van der Waals surface area contributed by atoms with Gasteiger partial charge in [0.1, 0.15) is 0 Å². The van der Waals surface area contributed by atoms with Gasteiger partial charge in [-0.25, -0.2) is 0 Å². The molecule has 3 heteroatoms. The topological polar surface area (TPSA) is 38.5 Å². The molecule has 1 rings (SSSR count). The minimum atomic E-state index is -0.0103. The van der Waals surface area contributed by atoms with Crippen molar-refractivity contribution in [2.45, 2.75) is 58.1 Å². The fraction of sp³-hybridized carbons (Fsp3) is 1.00. The molecule has 0 saturated carbocycles. The molecule has 1 saturated heterocycles. The molecular formula is C13H28N2O. The molecule has 1 fully saturated rings. The summed E-state index contributed by atoms with van der Waals surface area (Å²) in [5.74, 6) is 0. The third-order valence-electron chi connectivity index (χ3n) is 3.23. The van der Waals surface area contributed by atoms with Crippen molar-refractivity contribution >= 4 is 0 Å². The molecule has 0 bridgehead atoms. The van der Waals surface area contributed by atoms with E-state index in [2.05, 4.69) is 25.7 Å². The SMILES string of the molecule is CCOC1CCN(CCCC(C)(C)N)CC1. The number of likely N-dealkylation sites (tertiary alicyclic amines) is 1. The van der Waals surface area contributed by atoms with Crippen molar-refractivity contribution in [1.82, 2.24) is 4.90 Å². The first-order valence-electron chi connectivity index (χ1n) is 6.64. The Morgan fingerprint density at radius 3 is 2.44 bits per heavy atom. The lowest BCUT2D eigenvalue weighted by molar-refractivity contribution is 0.0138. The van der Waals surface area contributed by atoms with Gasteiger partial charge in [0, 0.05) is 25.2 Å². The van der Waals surface area contributed by atoms with Crippen molar-refractivity contribution in [2.75, 3.05) is 26.2 Å². The zero-order valence-electron chi connectivity index (χ0n) is 11.2. The minimum absolute atomic E-state index is 0.0103. The van der Waals surface area contributed by atoms with Crippen LogP contribution in [0.25, 0.3) is 0 Å². The van der Waals surface area contributed by atoms with Crippen molar-refractivity contribution < 1.29 is 4.74 Å². The first kappa shape index (κ1) is 13.9. The van der Waals surface area contributed by atoms with Crippen LogP contribution in [0.3, 0.4) is 0 Å². The summed E-state index contributed by atoms with van der Waals surface area (Å²) in [5, 5.41) is 0. The van der Waals surface area contributed by atoms with E-state index in [-0.39, 0.29) is 5.54 Å². The molecule has 0 radical (unpaired) electrons. The van der Waals surface area contributed by atoms with Crippen molar-refractivity contribution in [3.05, 3.63) is 0 Å². The van der Waals surface area contributed by atoms with Crippen LogP contribution in [0, 0.1) is 0 Å². The molecular weight excluding hydrogens is 200 g/mol. The number of rotatable bonds is 6. The number of hydrogen-bond acceptors (Lipinski definition) is 3. The summed E-state index contributed by atoms with van der Waals surface area (Å²) in [5.41, 5.74) is 5.96. The molecule has 96 valence electrons. The van der Waals surface area contributed by atoms with Gasteiger partial charge in [-0.3, -0.25) is 0 Å². The van der Waals surface area contributed by atoms with E-state index in [9.17, 15) is 0 Å². The van der Waals surface area contributed by atoms with E-state index in [4.69, 9.17) is 10.5 Å². The molecule has 2 N–H and O–H groups in total. The first-order valence-corrected chi connectivity index (χ1v) is 6.64. The molecule has 0 aromatic heterocycles. The zero-order valence-corrected chi connectivity index (χ0v) is 11.2. The summed E-state index contributed by atoms with van der Waals surface area (Å²) in [6.07, 6.45) is 5.22. The van der Waals surface area contributed by atoms with Crippen LogP contribution < -0.4 is 5.73 Å². The highest BCUT2D eigenvalue weighted by Crippen LogP contribution is 2.15. The Balaban J connectivity index is 2.08. The molecule has 0 unspecified atom stereocenters. The molecule has 3 nitrogen and oxygen atoms in total. The number of ether oxygens (including phenoxy) is 1. The summed E-state index contributed by atoms with van der Waals surface area (Å²) in [6, 6.07) is 0. The molecule has 0 atom stereocenters. The fourth-order valence-electron chi connectivity index (χ4n) is 2.29. The van der Waals surface area contributed by atoms with Crippen LogP contribution in [0.2, 0.25) is 0 Å². The van der Waals surface area contributed by atoms with Gasteiger partial charge >= 0.3 is 0 Å². The first-order chi connectivity index (χ1) is 7.51. The zero-order chi connectivity index (χ0) is 12.0. The Morgan fingerprint density at radius 2 is 1.94 bits per heavy atom. The molecule has 1 aliphatic rings. The van der Waals surface area contributed by atoms with Crippen molar-refractivity contribution in [1.29, 1.82) is 0 Å². The Morgan fingerprint density at radius 1 is 1.31 bits per heavy atom. The Kier molecular flexibility index (Phi) is 5.73. The summed E-state index contributed by atoms with van der Waals surface area (Å²) < 4.78 is 5.64. The van der Waals surface area contributed by atoms with Crippen LogP contribution in [0.15, 0.2) is 0 Å². The lowest BCUT2D eigenvalue weighted by Gasteiger charge is -2.32. The fourth-order valence-corrected chi connectivity index (χ4v) is 2.29. The van der Waals surface area contributed by atoms with E-state index in [1.807, 2.05) is 0 Å². The van der Waals surface area contributed by atoms with E-state index in [1.54, 1.807) is 0 Å². The minimum Gasteiger partial charge on any atom is -0.378 e. The molecule has 1 heterocycles. The maximum absolute atomic E-state index is 5.97. The predicted octanol–water partition coefficient (Wildman–Crippen LogP) is 2.00. The van der Waals surface area contributed by atoms with Gasteiger partial charge in [0.2, 0.25) is 0 Å². The number of nitrogens with two attached hydrogens (primary N) is 1. The smallest absolute Gasteiger partial charge is 0.0599 e. The second-order valence-corrected chi connectivity index (χ2v) is 5.59. The van der Waals surface area contributed by atoms with Gasteiger partial charge in [0.05, 0.1) is 6.10 Å². The Labute approximate surface area is 100 Å². The monoisotopic (exact) mass is 228 g/mol. The van der Waals surface area contributed by atoms with Gasteiger partial charge in [-0.1, -0.05) is 0 Å². The van der Waals surface area contributed by atoms with Gasteiger partial charge < -0.3 is 15.4 Å². The lowest BCUT2D eigenvalue weighted by Crippen LogP contribution is -2.39. The largest absolute Gasteiger partial charge is 0.378 e. The van der Waals surface area contributed by atoms with Gasteiger partial charge in [0.15, 0.2) is 0 Å². The molecule has 16 heavy (non-hydrogen) atoms. The second-order valence-electron chi connectivity index (χ2n) is 5.59. The van der Waals surface area contributed by atoms with E-state index >= 15 is 0 Å². The van der Waals surface area contributed by atoms with Gasteiger partial charge in [0.25, 0.3) is 0 Å². The highest BCUT2D eigenvalue weighted by molar-refractivity contribution is 4.75. The molecule has 0 aromatic rings. The molecule has 0 aliphatic carbocycles. The number of piperidine rings is 1.